The SMILES string of the molecule is NCc1cnc(-c2cc(F)ccc2C(F)(F)F)[nH]1. The van der Waals surface area contributed by atoms with Gasteiger partial charge < -0.3 is 10.7 Å². The highest BCUT2D eigenvalue weighted by Gasteiger charge is 2.34. The van der Waals surface area contributed by atoms with Gasteiger partial charge in [-0.25, -0.2) is 9.37 Å². The van der Waals surface area contributed by atoms with E-state index in [4.69, 9.17) is 5.73 Å². The molecule has 1 aromatic heterocycles. The van der Waals surface area contributed by atoms with Crippen LogP contribution in [0.2, 0.25) is 0 Å². The van der Waals surface area contributed by atoms with Gasteiger partial charge in [0, 0.05) is 24.0 Å². The third-order valence-corrected chi connectivity index (χ3v) is 2.39. The van der Waals surface area contributed by atoms with E-state index in [1.165, 1.54) is 6.20 Å². The van der Waals surface area contributed by atoms with Gasteiger partial charge in [0.1, 0.15) is 11.6 Å². The lowest BCUT2D eigenvalue weighted by molar-refractivity contribution is -0.137. The lowest BCUT2D eigenvalue weighted by Gasteiger charge is -2.11. The van der Waals surface area contributed by atoms with Crippen LogP contribution in [0, 0.1) is 5.82 Å². The lowest BCUT2D eigenvalue weighted by Crippen LogP contribution is -2.08. The number of H-pyrrole nitrogens is 1. The molecule has 0 radical (unpaired) electrons. The Hall–Kier alpha value is -1.89. The van der Waals surface area contributed by atoms with Gasteiger partial charge in [-0.2, -0.15) is 13.2 Å². The minimum absolute atomic E-state index is 0.0534. The zero-order valence-electron chi connectivity index (χ0n) is 9.05. The number of benzene rings is 1. The van der Waals surface area contributed by atoms with Crippen LogP contribution >= 0.6 is 0 Å². The van der Waals surface area contributed by atoms with Gasteiger partial charge in [-0.15, -0.1) is 0 Å². The summed E-state index contributed by atoms with van der Waals surface area (Å²) in [6.07, 6.45) is -3.25. The molecule has 0 aliphatic carbocycles. The first-order chi connectivity index (χ1) is 8.41. The van der Waals surface area contributed by atoms with Gasteiger partial charge in [0.05, 0.1) is 5.56 Å². The fraction of sp³-hybridized carbons (Fsp3) is 0.182. The number of rotatable bonds is 2. The molecular weight excluding hydrogens is 250 g/mol. The average molecular weight is 259 g/mol. The largest absolute Gasteiger partial charge is 0.417 e. The summed E-state index contributed by atoms with van der Waals surface area (Å²) in [6, 6.07) is 2.25. The summed E-state index contributed by atoms with van der Waals surface area (Å²) < 4.78 is 51.4. The second-order valence-electron chi connectivity index (χ2n) is 3.65. The van der Waals surface area contributed by atoms with Crippen LogP contribution in [0.4, 0.5) is 17.6 Å². The summed E-state index contributed by atoms with van der Waals surface area (Å²) in [4.78, 5) is 6.39. The Balaban J connectivity index is 2.58. The predicted molar refractivity (Wildman–Crippen MR) is 56.9 cm³/mol. The molecule has 18 heavy (non-hydrogen) atoms. The van der Waals surface area contributed by atoms with Gasteiger partial charge in [-0.05, 0) is 18.2 Å². The van der Waals surface area contributed by atoms with E-state index in [1.54, 1.807) is 0 Å². The molecule has 0 fully saturated rings. The fourth-order valence-electron chi connectivity index (χ4n) is 1.56. The number of aromatic nitrogens is 2. The van der Waals surface area contributed by atoms with Gasteiger partial charge in [0.15, 0.2) is 0 Å². The summed E-state index contributed by atoms with van der Waals surface area (Å²) in [5.74, 6) is -0.814. The van der Waals surface area contributed by atoms with E-state index in [2.05, 4.69) is 9.97 Å². The number of halogens is 4. The molecule has 0 saturated carbocycles. The Morgan fingerprint density at radius 2 is 2.00 bits per heavy atom. The Labute approximate surface area is 99.6 Å². The molecular formula is C11H9F4N3. The van der Waals surface area contributed by atoms with E-state index in [1.807, 2.05) is 0 Å². The van der Waals surface area contributed by atoms with Crippen molar-refractivity contribution in [2.45, 2.75) is 12.7 Å². The van der Waals surface area contributed by atoms with Crippen molar-refractivity contribution in [3.05, 3.63) is 41.5 Å². The van der Waals surface area contributed by atoms with Crippen molar-refractivity contribution >= 4 is 0 Å². The lowest BCUT2D eigenvalue weighted by atomic mass is 10.1. The van der Waals surface area contributed by atoms with Crippen LogP contribution in [-0.2, 0) is 12.7 Å². The molecule has 0 aliphatic rings. The van der Waals surface area contributed by atoms with E-state index in [9.17, 15) is 17.6 Å². The van der Waals surface area contributed by atoms with E-state index in [0.29, 0.717) is 11.8 Å². The molecule has 1 heterocycles. The fourth-order valence-corrected chi connectivity index (χ4v) is 1.56. The molecule has 2 aromatic rings. The molecule has 7 heteroatoms. The quantitative estimate of drug-likeness (QED) is 0.815. The molecule has 0 saturated heterocycles. The van der Waals surface area contributed by atoms with Crippen LogP contribution < -0.4 is 5.73 Å². The molecule has 0 atom stereocenters. The summed E-state index contributed by atoms with van der Waals surface area (Å²) in [6.45, 7) is 0.115. The highest BCUT2D eigenvalue weighted by molar-refractivity contribution is 5.61. The number of hydrogen-bond donors (Lipinski definition) is 2. The van der Waals surface area contributed by atoms with Gasteiger partial charge in [-0.1, -0.05) is 0 Å². The summed E-state index contributed by atoms with van der Waals surface area (Å²) in [5.41, 5.74) is 4.53. The van der Waals surface area contributed by atoms with Crippen molar-refractivity contribution in [1.82, 2.24) is 9.97 Å². The standard InChI is InChI=1S/C11H9F4N3/c12-6-1-2-9(11(13,14)15)8(3-6)10-17-5-7(4-16)18-10/h1-3,5H,4,16H2,(H,17,18). The minimum atomic E-state index is -4.57. The van der Waals surface area contributed by atoms with E-state index in [-0.39, 0.29) is 17.9 Å². The molecule has 3 N–H and O–H groups in total. The average Bonchev–Trinajstić information content (AvgIpc) is 2.75. The maximum absolute atomic E-state index is 13.1. The van der Waals surface area contributed by atoms with Gasteiger partial charge >= 0.3 is 6.18 Å². The second-order valence-corrected chi connectivity index (χ2v) is 3.65. The Bertz CT molecular complexity index is 560. The van der Waals surface area contributed by atoms with Crippen molar-refractivity contribution < 1.29 is 17.6 Å². The topological polar surface area (TPSA) is 54.7 Å². The van der Waals surface area contributed by atoms with Crippen LogP contribution in [0.3, 0.4) is 0 Å². The number of nitrogens with one attached hydrogen (secondary N) is 1. The van der Waals surface area contributed by atoms with Crippen LogP contribution in [0.15, 0.2) is 24.4 Å². The van der Waals surface area contributed by atoms with Gasteiger partial charge in [-0.3, -0.25) is 0 Å². The highest BCUT2D eigenvalue weighted by Crippen LogP contribution is 2.36. The molecule has 0 spiro atoms. The zero-order valence-corrected chi connectivity index (χ0v) is 9.05. The number of alkyl halides is 3. The number of aromatic amines is 1. The van der Waals surface area contributed by atoms with E-state index in [0.717, 1.165) is 12.1 Å². The van der Waals surface area contributed by atoms with Gasteiger partial charge in [0.2, 0.25) is 0 Å². The first kappa shape index (κ1) is 12.6. The van der Waals surface area contributed by atoms with Crippen molar-refractivity contribution in [1.29, 1.82) is 0 Å². The predicted octanol–water partition coefficient (Wildman–Crippen LogP) is 2.69. The summed E-state index contributed by atoms with van der Waals surface area (Å²) in [7, 11) is 0. The number of hydrogen-bond acceptors (Lipinski definition) is 2. The van der Waals surface area contributed by atoms with Crippen LogP contribution in [0.1, 0.15) is 11.3 Å². The number of nitrogens with two attached hydrogens (primary N) is 1. The zero-order chi connectivity index (χ0) is 13.3. The van der Waals surface area contributed by atoms with Crippen LogP contribution in [0.25, 0.3) is 11.4 Å². The van der Waals surface area contributed by atoms with Crippen LogP contribution in [-0.4, -0.2) is 9.97 Å². The maximum Gasteiger partial charge on any atom is 0.417 e. The minimum Gasteiger partial charge on any atom is -0.341 e. The Morgan fingerprint density at radius 1 is 1.28 bits per heavy atom. The molecule has 0 amide bonds. The van der Waals surface area contributed by atoms with Crippen molar-refractivity contribution in [3.63, 3.8) is 0 Å². The van der Waals surface area contributed by atoms with E-state index >= 15 is 0 Å². The maximum atomic E-state index is 13.1. The molecule has 0 bridgehead atoms. The van der Waals surface area contributed by atoms with Crippen molar-refractivity contribution in [2.24, 2.45) is 5.73 Å². The monoisotopic (exact) mass is 259 g/mol. The molecule has 2 rings (SSSR count). The van der Waals surface area contributed by atoms with Gasteiger partial charge in [0.25, 0.3) is 0 Å². The summed E-state index contributed by atoms with van der Waals surface area (Å²) in [5, 5.41) is 0. The second kappa shape index (κ2) is 4.41. The molecule has 0 aliphatic heterocycles. The Morgan fingerprint density at radius 3 is 2.56 bits per heavy atom. The third-order valence-electron chi connectivity index (χ3n) is 2.39. The first-order valence-electron chi connectivity index (χ1n) is 5.03. The molecule has 0 unspecified atom stereocenters. The van der Waals surface area contributed by atoms with Crippen molar-refractivity contribution in [2.75, 3.05) is 0 Å². The third kappa shape index (κ3) is 2.35. The Kier molecular flexibility index (Phi) is 3.08. The molecule has 1 aromatic carbocycles. The van der Waals surface area contributed by atoms with E-state index < -0.39 is 17.6 Å². The normalized spacial score (nSPS) is 11.8. The molecule has 3 nitrogen and oxygen atoms in total. The van der Waals surface area contributed by atoms with Crippen LogP contribution in [0.5, 0.6) is 0 Å². The first-order valence-corrected chi connectivity index (χ1v) is 5.03. The summed E-state index contributed by atoms with van der Waals surface area (Å²) >= 11 is 0. The smallest absolute Gasteiger partial charge is 0.341 e. The number of imidazole rings is 1. The molecule has 96 valence electrons. The number of nitrogens with zero attached hydrogens (tertiary/aromatic N) is 1. The van der Waals surface area contributed by atoms with Crippen molar-refractivity contribution in [3.8, 4) is 11.4 Å². The highest BCUT2D eigenvalue weighted by atomic mass is 19.4.